The first-order valence-corrected chi connectivity index (χ1v) is 6.44. The lowest BCUT2D eigenvalue weighted by atomic mass is 10.1. The van der Waals surface area contributed by atoms with E-state index in [2.05, 4.69) is 10.1 Å². The Morgan fingerprint density at radius 1 is 1.43 bits per heavy atom. The average Bonchev–Trinajstić information content (AvgIpc) is 2.97. The molecular formula is C13H16N4O4. The molecular weight excluding hydrogens is 276 g/mol. The molecule has 0 radical (unpaired) electrons. The first-order valence-electron chi connectivity index (χ1n) is 6.44. The fourth-order valence-corrected chi connectivity index (χ4v) is 1.81. The summed E-state index contributed by atoms with van der Waals surface area (Å²) in [7, 11) is 1.63. The van der Waals surface area contributed by atoms with Gasteiger partial charge in [-0.2, -0.15) is 4.98 Å². The van der Waals surface area contributed by atoms with Crippen LogP contribution in [-0.4, -0.2) is 28.8 Å². The smallest absolute Gasteiger partial charge is 0.269 e. The molecule has 0 aliphatic heterocycles. The van der Waals surface area contributed by atoms with E-state index in [0.29, 0.717) is 30.3 Å². The molecule has 1 heterocycles. The summed E-state index contributed by atoms with van der Waals surface area (Å²) in [5.41, 5.74) is 6.60. The number of nitro benzene ring substituents is 1. The summed E-state index contributed by atoms with van der Waals surface area (Å²) < 4.78 is 10.1. The van der Waals surface area contributed by atoms with Crippen LogP contribution < -0.4 is 5.73 Å². The Balaban J connectivity index is 2.06. The highest BCUT2D eigenvalue weighted by molar-refractivity contribution is 5.56. The molecule has 2 aromatic rings. The van der Waals surface area contributed by atoms with Crippen LogP contribution >= 0.6 is 0 Å². The van der Waals surface area contributed by atoms with Gasteiger partial charge in [0.05, 0.1) is 11.0 Å². The van der Waals surface area contributed by atoms with Crippen LogP contribution in [0.25, 0.3) is 11.4 Å². The third-order valence-corrected chi connectivity index (χ3v) is 2.96. The summed E-state index contributed by atoms with van der Waals surface area (Å²) in [6, 6.07) is 5.58. The van der Waals surface area contributed by atoms with Crippen LogP contribution in [0.2, 0.25) is 0 Å². The lowest BCUT2D eigenvalue weighted by Crippen LogP contribution is -2.11. The van der Waals surface area contributed by atoms with E-state index in [-0.39, 0.29) is 11.7 Å². The molecule has 8 heteroatoms. The predicted molar refractivity (Wildman–Crippen MR) is 74.4 cm³/mol. The number of nitro groups is 1. The largest absolute Gasteiger partial charge is 0.385 e. The standard InChI is InChI=1S/C13H16N4O4/c1-20-8-2-3-11(14)13-15-12(16-21-13)9-4-6-10(7-5-9)17(18)19/h4-7,11H,2-3,8,14H2,1H3. The van der Waals surface area contributed by atoms with Gasteiger partial charge in [0.15, 0.2) is 0 Å². The molecule has 1 atom stereocenters. The Morgan fingerprint density at radius 3 is 2.76 bits per heavy atom. The first-order chi connectivity index (χ1) is 10.1. The normalized spacial score (nSPS) is 12.3. The molecule has 21 heavy (non-hydrogen) atoms. The number of non-ortho nitro benzene ring substituents is 1. The van der Waals surface area contributed by atoms with Crippen molar-refractivity contribution in [1.82, 2.24) is 10.1 Å². The minimum Gasteiger partial charge on any atom is -0.385 e. The summed E-state index contributed by atoms with van der Waals surface area (Å²) in [5, 5.41) is 14.4. The fraction of sp³-hybridized carbons (Fsp3) is 0.385. The molecule has 0 saturated carbocycles. The van der Waals surface area contributed by atoms with Crippen LogP contribution in [0.1, 0.15) is 24.8 Å². The van der Waals surface area contributed by atoms with Crippen molar-refractivity contribution in [2.24, 2.45) is 5.73 Å². The SMILES string of the molecule is COCCCC(N)c1nc(-c2ccc([N+](=O)[O-])cc2)no1. The van der Waals surface area contributed by atoms with Gasteiger partial charge in [0.25, 0.3) is 5.69 Å². The van der Waals surface area contributed by atoms with E-state index in [1.807, 2.05) is 0 Å². The zero-order valence-electron chi connectivity index (χ0n) is 11.6. The molecule has 1 unspecified atom stereocenters. The van der Waals surface area contributed by atoms with Gasteiger partial charge in [0.1, 0.15) is 0 Å². The summed E-state index contributed by atoms with van der Waals surface area (Å²) >= 11 is 0. The second kappa shape index (κ2) is 6.91. The quantitative estimate of drug-likeness (QED) is 0.471. The minimum atomic E-state index is -0.461. The van der Waals surface area contributed by atoms with Crippen LogP contribution in [0.5, 0.6) is 0 Å². The molecule has 0 aliphatic rings. The monoisotopic (exact) mass is 292 g/mol. The maximum atomic E-state index is 10.6. The topological polar surface area (TPSA) is 117 Å². The second-order valence-electron chi connectivity index (χ2n) is 4.50. The average molecular weight is 292 g/mol. The van der Waals surface area contributed by atoms with E-state index in [0.717, 1.165) is 6.42 Å². The molecule has 2 N–H and O–H groups in total. The first kappa shape index (κ1) is 15.1. The van der Waals surface area contributed by atoms with Gasteiger partial charge in [-0.25, -0.2) is 0 Å². The lowest BCUT2D eigenvalue weighted by molar-refractivity contribution is -0.384. The number of nitrogens with zero attached hydrogens (tertiary/aromatic N) is 3. The number of methoxy groups -OCH3 is 1. The highest BCUT2D eigenvalue weighted by Crippen LogP contribution is 2.22. The molecule has 1 aromatic carbocycles. The van der Waals surface area contributed by atoms with Crippen molar-refractivity contribution in [3.63, 3.8) is 0 Å². The van der Waals surface area contributed by atoms with Crippen molar-refractivity contribution in [3.05, 3.63) is 40.3 Å². The summed E-state index contributed by atoms with van der Waals surface area (Å²) in [4.78, 5) is 14.4. The third kappa shape index (κ3) is 3.83. The molecule has 0 amide bonds. The Bertz CT molecular complexity index is 596. The van der Waals surface area contributed by atoms with Gasteiger partial charge in [-0.15, -0.1) is 0 Å². The van der Waals surface area contributed by atoms with Crippen LogP contribution in [0.4, 0.5) is 5.69 Å². The Hall–Kier alpha value is -2.32. The number of hydrogen-bond acceptors (Lipinski definition) is 7. The van der Waals surface area contributed by atoms with Crippen LogP contribution in [0, 0.1) is 10.1 Å². The molecule has 0 fully saturated rings. The van der Waals surface area contributed by atoms with Gasteiger partial charge < -0.3 is 15.0 Å². The van der Waals surface area contributed by atoms with E-state index in [1.165, 1.54) is 12.1 Å². The van der Waals surface area contributed by atoms with Crippen LogP contribution in [-0.2, 0) is 4.74 Å². The Labute approximate surface area is 121 Å². The van der Waals surface area contributed by atoms with Gasteiger partial charge in [0, 0.05) is 31.4 Å². The van der Waals surface area contributed by atoms with Gasteiger partial charge in [-0.3, -0.25) is 10.1 Å². The maximum absolute atomic E-state index is 10.6. The van der Waals surface area contributed by atoms with E-state index >= 15 is 0 Å². The van der Waals surface area contributed by atoms with Crippen molar-refractivity contribution >= 4 is 5.69 Å². The Morgan fingerprint density at radius 2 is 2.14 bits per heavy atom. The molecule has 0 bridgehead atoms. The van der Waals surface area contributed by atoms with Crippen molar-refractivity contribution in [3.8, 4) is 11.4 Å². The minimum absolute atomic E-state index is 0.0127. The number of hydrogen-bond donors (Lipinski definition) is 1. The summed E-state index contributed by atoms with van der Waals surface area (Å²) in [5.74, 6) is 0.710. The molecule has 0 spiro atoms. The van der Waals surface area contributed by atoms with Crippen molar-refractivity contribution < 1.29 is 14.2 Å². The van der Waals surface area contributed by atoms with Gasteiger partial charge in [0.2, 0.25) is 11.7 Å². The highest BCUT2D eigenvalue weighted by Gasteiger charge is 2.16. The van der Waals surface area contributed by atoms with Gasteiger partial charge >= 0.3 is 0 Å². The maximum Gasteiger partial charge on any atom is 0.269 e. The fourth-order valence-electron chi connectivity index (χ4n) is 1.81. The van der Waals surface area contributed by atoms with Crippen molar-refractivity contribution in [2.75, 3.05) is 13.7 Å². The molecule has 8 nitrogen and oxygen atoms in total. The molecule has 2 rings (SSSR count). The van der Waals surface area contributed by atoms with E-state index in [9.17, 15) is 10.1 Å². The van der Waals surface area contributed by atoms with E-state index in [1.54, 1.807) is 19.2 Å². The van der Waals surface area contributed by atoms with Crippen LogP contribution in [0.3, 0.4) is 0 Å². The summed E-state index contributed by atoms with van der Waals surface area (Å²) in [6.07, 6.45) is 1.47. The highest BCUT2D eigenvalue weighted by atomic mass is 16.6. The van der Waals surface area contributed by atoms with Gasteiger partial charge in [-0.05, 0) is 25.0 Å². The summed E-state index contributed by atoms with van der Waals surface area (Å²) in [6.45, 7) is 0.622. The van der Waals surface area contributed by atoms with Crippen LogP contribution in [0.15, 0.2) is 28.8 Å². The number of nitrogens with two attached hydrogens (primary N) is 1. The number of ether oxygens (including phenoxy) is 1. The molecule has 0 aliphatic carbocycles. The molecule has 112 valence electrons. The van der Waals surface area contributed by atoms with Crippen molar-refractivity contribution in [1.29, 1.82) is 0 Å². The molecule has 0 saturated heterocycles. The zero-order valence-corrected chi connectivity index (χ0v) is 11.6. The second-order valence-corrected chi connectivity index (χ2v) is 4.50. The van der Waals surface area contributed by atoms with E-state index in [4.69, 9.17) is 15.0 Å². The zero-order chi connectivity index (χ0) is 15.2. The van der Waals surface area contributed by atoms with E-state index < -0.39 is 4.92 Å². The third-order valence-electron chi connectivity index (χ3n) is 2.96. The number of aromatic nitrogens is 2. The number of benzene rings is 1. The molecule has 1 aromatic heterocycles. The van der Waals surface area contributed by atoms with Crippen molar-refractivity contribution in [2.45, 2.75) is 18.9 Å². The predicted octanol–water partition coefficient (Wildman–Crippen LogP) is 2.07. The van der Waals surface area contributed by atoms with Gasteiger partial charge in [-0.1, -0.05) is 5.16 Å². The lowest BCUT2D eigenvalue weighted by Gasteiger charge is -2.04. The number of rotatable bonds is 7. The Kier molecular flexibility index (Phi) is 4.96.